The van der Waals surface area contributed by atoms with Gasteiger partial charge in [0.05, 0.1) is 12.0 Å². The van der Waals surface area contributed by atoms with Gasteiger partial charge in [-0.25, -0.2) is 0 Å². The number of carbonyl (C=O) groups excluding carboxylic acids is 2. The molecule has 6 atom stereocenters. The van der Waals surface area contributed by atoms with E-state index in [-0.39, 0.29) is 48.3 Å². The lowest BCUT2D eigenvalue weighted by Gasteiger charge is -2.47. The normalized spacial score (nSPS) is 29.3. The second-order valence-electron chi connectivity index (χ2n) is 9.81. The molecule has 0 spiro atoms. The zero-order valence-electron chi connectivity index (χ0n) is 19.8. The minimum Gasteiger partial charge on any atom is -0.394 e. The highest BCUT2D eigenvalue weighted by atomic mass is 35.5. The van der Waals surface area contributed by atoms with Crippen LogP contribution in [-0.4, -0.2) is 35.6 Å². The van der Waals surface area contributed by atoms with E-state index in [0.29, 0.717) is 15.6 Å². The minimum absolute atomic E-state index is 0.0414. The molecule has 1 heterocycles. The van der Waals surface area contributed by atoms with Gasteiger partial charge in [0.25, 0.3) is 5.91 Å². The Bertz CT molecular complexity index is 1070. The van der Waals surface area contributed by atoms with Crippen molar-refractivity contribution >= 4 is 35.0 Å². The molecule has 182 valence electrons. The molecule has 1 aliphatic carbocycles. The molecular weight excluding hydrogens is 471 g/mol. The number of carbonyl (C=O) groups is 2. The van der Waals surface area contributed by atoms with Gasteiger partial charge in [-0.3, -0.25) is 9.59 Å². The number of hydrogen-bond donors (Lipinski definition) is 3. The molecule has 2 aromatic carbocycles. The fraction of sp³-hybridized carbons (Fsp3) is 0.481. The van der Waals surface area contributed by atoms with Gasteiger partial charge < -0.3 is 15.7 Å². The van der Waals surface area contributed by atoms with Gasteiger partial charge in [0.1, 0.15) is 0 Å². The van der Waals surface area contributed by atoms with E-state index in [9.17, 15) is 14.7 Å². The summed E-state index contributed by atoms with van der Waals surface area (Å²) in [5.41, 5.74) is 2.20. The van der Waals surface area contributed by atoms with Gasteiger partial charge in [-0.1, -0.05) is 48.3 Å². The first-order chi connectivity index (χ1) is 16.2. The van der Waals surface area contributed by atoms with Crippen molar-refractivity contribution in [2.24, 2.45) is 11.3 Å². The van der Waals surface area contributed by atoms with Crippen LogP contribution in [0.5, 0.6) is 0 Å². The first-order valence-corrected chi connectivity index (χ1v) is 12.7. The number of halogens is 2. The summed E-state index contributed by atoms with van der Waals surface area (Å²) in [5, 5.41) is 16.4. The average molecular weight is 503 g/mol. The zero-order chi connectivity index (χ0) is 24.6. The summed E-state index contributed by atoms with van der Waals surface area (Å²) in [6.07, 6.45) is 2.41. The second kappa shape index (κ2) is 9.88. The molecule has 1 aliphatic heterocycles. The van der Waals surface area contributed by atoms with Crippen molar-refractivity contribution in [3.05, 3.63) is 69.2 Å². The van der Waals surface area contributed by atoms with Crippen molar-refractivity contribution in [3.63, 3.8) is 0 Å². The topological polar surface area (TPSA) is 78.4 Å². The quantitative estimate of drug-likeness (QED) is 0.501. The van der Waals surface area contributed by atoms with E-state index in [0.717, 1.165) is 30.4 Å². The molecule has 2 aromatic rings. The Kier molecular flexibility index (Phi) is 7.28. The van der Waals surface area contributed by atoms with Crippen LogP contribution in [0.15, 0.2) is 42.5 Å². The monoisotopic (exact) mass is 502 g/mol. The number of aliphatic hydroxyl groups is 1. The van der Waals surface area contributed by atoms with Gasteiger partial charge in [0, 0.05) is 33.6 Å². The lowest BCUT2D eigenvalue weighted by atomic mass is 9.54. The van der Waals surface area contributed by atoms with Gasteiger partial charge in [-0.2, -0.15) is 0 Å². The van der Waals surface area contributed by atoms with E-state index in [2.05, 4.69) is 36.6 Å². The minimum atomic E-state index is -0.396. The Hall–Kier alpha value is -2.08. The highest BCUT2D eigenvalue weighted by molar-refractivity contribution is 6.32. The number of fused-ring (bicyclic) bond motifs is 1. The van der Waals surface area contributed by atoms with Crippen LogP contribution in [0.1, 0.15) is 73.4 Å². The standard InChI is InChI=1S/C27H32Cl2N2O3/c1-4-27-12-11-21(20-10-7-18(13-22(20)29)25(33)30-15(2)14-32)23(17-5-8-19(28)9-6-17)24(27)16(3)31-26(27)34/h5-10,13,15-16,21,23-24,32H,4,11-12,14H2,1-3H3,(H,30,33)(H,31,34)/t15?,16-,21+,23+,24+,27-/m1/s1. The molecule has 2 aliphatic rings. The van der Waals surface area contributed by atoms with E-state index in [1.165, 1.54) is 0 Å². The number of aliphatic hydroxyl groups excluding tert-OH is 1. The molecule has 34 heavy (non-hydrogen) atoms. The van der Waals surface area contributed by atoms with Crippen LogP contribution in [0.3, 0.4) is 0 Å². The highest BCUT2D eigenvalue weighted by Gasteiger charge is 2.59. The molecule has 2 fully saturated rings. The van der Waals surface area contributed by atoms with Crippen molar-refractivity contribution in [2.45, 2.75) is 64.0 Å². The summed E-state index contributed by atoms with van der Waals surface area (Å²) in [5.74, 6) is 0.181. The molecule has 0 bridgehead atoms. The van der Waals surface area contributed by atoms with Crippen LogP contribution >= 0.6 is 23.2 Å². The number of rotatable bonds is 6. The molecule has 1 saturated heterocycles. The molecule has 5 nitrogen and oxygen atoms in total. The van der Waals surface area contributed by atoms with Crippen LogP contribution in [0.25, 0.3) is 0 Å². The molecule has 1 unspecified atom stereocenters. The summed E-state index contributed by atoms with van der Waals surface area (Å²) in [6.45, 7) is 5.82. The Labute approximate surface area is 211 Å². The highest BCUT2D eigenvalue weighted by Crippen LogP contribution is 2.60. The fourth-order valence-corrected chi connectivity index (χ4v) is 6.66. The predicted molar refractivity (Wildman–Crippen MR) is 135 cm³/mol. The third-order valence-electron chi connectivity index (χ3n) is 7.91. The lowest BCUT2D eigenvalue weighted by Crippen LogP contribution is -2.43. The van der Waals surface area contributed by atoms with Crippen LogP contribution in [0.2, 0.25) is 10.0 Å². The Morgan fingerprint density at radius 2 is 1.94 bits per heavy atom. The maximum atomic E-state index is 13.1. The molecule has 0 radical (unpaired) electrons. The Morgan fingerprint density at radius 1 is 1.24 bits per heavy atom. The maximum Gasteiger partial charge on any atom is 0.251 e. The molecule has 1 saturated carbocycles. The van der Waals surface area contributed by atoms with Crippen LogP contribution in [-0.2, 0) is 4.79 Å². The Balaban J connectivity index is 1.75. The summed E-state index contributed by atoms with van der Waals surface area (Å²) in [6, 6.07) is 13.1. The molecule has 4 rings (SSSR count). The van der Waals surface area contributed by atoms with E-state index in [1.807, 2.05) is 18.2 Å². The Morgan fingerprint density at radius 3 is 2.56 bits per heavy atom. The smallest absolute Gasteiger partial charge is 0.251 e. The molecule has 7 heteroatoms. The molecule has 0 aromatic heterocycles. The number of benzene rings is 2. The molecule has 3 N–H and O–H groups in total. The summed E-state index contributed by atoms with van der Waals surface area (Å²) in [7, 11) is 0. The molecule has 2 amide bonds. The number of hydrogen-bond acceptors (Lipinski definition) is 3. The average Bonchev–Trinajstić information content (AvgIpc) is 3.09. The fourth-order valence-electron chi connectivity index (χ4n) is 6.22. The van der Waals surface area contributed by atoms with Gasteiger partial charge in [0.2, 0.25) is 5.91 Å². The largest absolute Gasteiger partial charge is 0.394 e. The number of nitrogens with one attached hydrogen (secondary N) is 2. The van der Waals surface area contributed by atoms with Crippen molar-refractivity contribution in [1.29, 1.82) is 0 Å². The first-order valence-electron chi connectivity index (χ1n) is 12.0. The van der Waals surface area contributed by atoms with E-state index in [1.54, 1.807) is 19.1 Å². The third-order valence-corrected chi connectivity index (χ3v) is 8.49. The van der Waals surface area contributed by atoms with Gasteiger partial charge in [-0.05, 0) is 80.3 Å². The summed E-state index contributed by atoms with van der Waals surface area (Å²) in [4.78, 5) is 25.7. The van der Waals surface area contributed by atoms with Crippen molar-refractivity contribution in [3.8, 4) is 0 Å². The van der Waals surface area contributed by atoms with Crippen molar-refractivity contribution in [2.75, 3.05) is 6.61 Å². The van der Waals surface area contributed by atoms with E-state index in [4.69, 9.17) is 23.2 Å². The maximum absolute atomic E-state index is 13.1. The summed E-state index contributed by atoms with van der Waals surface area (Å²) >= 11 is 13.0. The van der Waals surface area contributed by atoms with Crippen LogP contribution in [0.4, 0.5) is 0 Å². The lowest BCUT2D eigenvalue weighted by molar-refractivity contribution is -0.131. The molecular formula is C27H32Cl2N2O3. The number of amides is 2. The second-order valence-corrected chi connectivity index (χ2v) is 10.7. The first kappa shape index (κ1) is 25.0. The van der Waals surface area contributed by atoms with Gasteiger partial charge in [-0.15, -0.1) is 0 Å². The predicted octanol–water partition coefficient (Wildman–Crippen LogP) is 5.30. The zero-order valence-corrected chi connectivity index (χ0v) is 21.3. The van der Waals surface area contributed by atoms with Crippen LogP contribution in [0, 0.1) is 11.3 Å². The van der Waals surface area contributed by atoms with Crippen molar-refractivity contribution < 1.29 is 14.7 Å². The van der Waals surface area contributed by atoms with E-state index < -0.39 is 5.41 Å². The summed E-state index contributed by atoms with van der Waals surface area (Å²) < 4.78 is 0. The SMILES string of the molecule is CC[C@@]12CC[C@@H](c3ccc(C(=O)NC(C)CO)cc3Cl)[C@H](c3ccc(Cl)cc3)[C@@H]1[C@@H](C)NC2=O. The van der Waals surface area contributed by atoms with E-state index >= 15 is 0 Å². The van der Waals surface area contributed by atoms with Crippen LogP contribution < -0.4 is 10.6 Å². The third kappa shape index (κ3) is 4.34. The van der Waals surface area contributed by atoms with Gasteiger partial charge in [0.15, 0.2) is 0 Å². The van der Waals surface area contributed by atoms with Gasteiger partial charge >= 0.3 is 0 Å². The van der Waals surface area contributed by atoms with Crippen molar-refractivity contribution in [1.82, 2.24) is 10.6 Å².